The first kappa shape index (κ1) is 24.5. The first-order chi connectivity index (χ1) is 13.1. The summed E-state index contributed by atoms with van der Waals surface area (Å²) in [4.78, 5) is 17.9. The SMILES string of the molecule is COc1ccccc1CCNC(=NCC(=O)N(C)C)NCC1CCCCC1.I. The van der Waals surface area contributed by atoms with Gasteiger partial charge in [-0.15, -0.1) is 24.0 Å². The van der Waals surface area contributed by atoms with Crippen LogP contribution in [0.15, 0.2) is 29.3 Å². The molecule has 0 atom stereocenters. The van der Waals surface area contributed by atoms with Crippen molar-refractivity contribution in [3.63, 3.8) is 0 Å². The van der Waals surface area contributed by atoms with E-state index in [0.29, 0.717) is 11.9 Å². The van der Waals surface area contributed by atoms with E-state index in [2.05, 4.69) is 21.7 Å². The molecule has 1 amide bonds. The lowest BCUT2D eigenvalue weighted by molar-refractivity contribution is -0.127. The number of benzene rings is 1. The largest absolute Gasteiger partial charge is 0.496 e. The standard InChI is InChI=1S/C21H34N4O2.HI/c1-25(2)20(26)16-24-21(23-15-17-9-5-4-6-10-17)22-14-13-18-11-7-8-12-19(18)27-3;/h7-8,11-12,17H,4-6,9-10,13-16H2,1-3H3,(H2,22,23,24);1H. The summed E-state index contributed by atoms with van der Waals surface area (Å²) in [6.45, 7) is 1.80. The van der Waals surface area contributed by atoms with Gasteiger partial charge in [-0.2, -0.15) is 0 Å². The number of hydrogen-bond acceptors (Lipinski definition) is 3. The van der Waals surface area contributed by atoms with Gasteiger partial charge in [0.05, 0.1) is 7.11 Å². The fourth-order valence-corrected chi connectivity index (χ4v) is 3.32. The minimum atomic E-state index is -0.00139. The molecule has 1 fully saturated rings. The van der Waals surface area contributed by atoms with Gasteiger partial charge in [-0.1, -0.05) is 37.5 Å². The smallest absolute Gasteiger partial charge is 0.243 e. The molecule has 158 valence electrons. The Kier molecular flexibility index (Phi) is 11.9. The van der Waals surface area contributed by atoms with Crippen molar-refractivity contribution in [2.75, 3.05) is 40.8 Å². The number of amides is 1. The molecule has 0 aliphatic heterocycles. The predicted octanol–water partition coefficient (Wildman–Crippen LogP) is 3.06. The van der Waals surface area contributed by atoms with E-state index < -0.39 is 0 Å². The summed E-state index contributed by atoms with van der Waals surface area (Å²) in [5.74, 6) is 2.31. The average Bonchev–Trinajstić information content (AvgIpc) is 2.70. The fraction of sp³-hybridized carbons (Fsp3) is 0.619. The molecule has 0 spiro atoms. The van der Waals surface area contributed by atoms with E-state index in [1.165, 1.54) is 32.1 Å². The topological polar surface area (TPSA) is 66.0 Å². The average molecular weight is 502 g/mol. The van der Waals surface area contributed by atoms with Crippen molar-refractivity contribution in [3.8, 4) is 5.75 Å². The normalized spacial score (nSPS) is 14.8. The Morgan fingerprint density at radius 2 is 1.89 bits per heavy atom. The molecule has 6 nitrogen and oxygen atoms in total. The van der Waals surface area contributed by atoms with Crippen LogP contribution in [0.5, 0.6) is 5.75 Å². The van der Waals surface area contributed by atoms with Crippen LogP contribution in [0.4, 0.5) is 0 Å². The van der Waals surface area contributed by atoms with Crippen molar-refractivity contribution in [1.29, 1.82) is 0 Å². The number of rotatable bonds is 8. The zero-order valence-electron chi connectivity index (χ0n) is 17.4. The Morgan fingerprint density at radius 1 is 1.18 bits per heavy atom. The van der Waals surface area contributed by atoms with Gasteiger partial charge in [0.15, 0.2) is 5.96 Å². The lowest BCUT2D eigenvalue weighted by atomic mass is 9.89. The van der Waals surface area contributed by atoms with Crippen molar-refractivity contribution < 1.29 is 9.53 Å². The van der Waals surface area contributed by atoms with Crippen molar-refractivity contribution in [1.82, 2.24) is 15.5 Å². The van der Waals surface area contributed by atoms with E-state index in [1.807, 2.05) is 18.2 Å². The number of nitrogens with one attached hydrogen (secondary N) is 2. The van der Waals surface area contributed by atoms with Gasteiger partial charge in [-0.25, -0.2) is 4.99 Å². The molecule has 1 aliphatic rings. The summed E-state index contributed by atoms with van der Waals surface area (Å²) in [5.41, 5.74) is 1.16. The Labute approximate surface area is 186 Å². The molecule has 1 aromatic rings. The van der Waals surface area contributed by atoms with Crippen LogP contribution in [-0.4, -0.2) is 57.6 Å². The lowest BCUT2D eigenvalue weighted by Crippen LogP contribution is -2.41. The van der Waals surface area contributed by atoms with Gasteiger partial charge in [0.25, 0.3) is 0 Å². The third-order valence-electron chi connectivity index (χ3n) is 5.03. The summed E-state index contributed by atoms with van der Waals surface area (Å²) in [7, 11) is 5.20. The summed E-state index contributed by atoms with van der Waals surface area (Å²) in [6.07, 6.45) is 7.37. The molecule has 0 unspecified atom stereocenters. The zero-order chi connectivity index (χ0) is 19.5. The Morgan fingerprint density at radius 3 is 2.57 bits per heavy atom. The van der Waals surface area contributed by atoms with Crippen molar-refractivity contribution in [3.05, 3.63) is 29.8 Å². The second kappa shape index (κ2) is 13.6. The van der Waals surface area contributed by atoms with Crippen LogP contribution in [0.2, 0.25) is 0 Å². The molecule has 0 bridgehead atoms. The van der Waals surface area contributed by atoms with E-state index in [-0.39, 0.29) is 36.4 Å². The maximum absolute atomic E-state index is 11.9. The molecule has 1 aliphatic carbocycles. The molecule has 7 heteroatoms. The number of guanidine groups is 1. The number of methoxy groups -OCH3 is 1. The number of aliphatic imine (C=N–C) groups is 1. The molecule has 0 heterocycles. The highest BCUT2D eigenvalue weighted by molar-refractivity contribution is 14.0. The van der Waals surface area contributed by atoms with Crippen LogP contribution >= 0.6 is 24.0 Å². The molecule has 2 N–H and O–H groups in total. The van der Waals surface area contributed by atoms with Crippen molar-refractivity contribution >= 4 is 35.8 Å². The third kappa shape index (κ3) is 8.67. The van der Waals surface area contributed by atoms with E-state index >= 15 is 0 Å². The first-order valence-electron chi connectivity index (χ1n) is 9.94. The molecule has 0 saturated heterocycles. The van der Waals surface area contributed by atoms with E-state index in [1.54, 1.807) is 26.1 Å². The van der Waals surface area contributed by atoms with E-state index in [4.69, 9.17) is 4.74 Å². The van der Waals surface area contributed by atoms with Crippen LogP contribution < -0.4 is 15.4 Å². The van der Waals surface area contributed by atoms with Crippen LogP contribution in [0, 0.1) is 5.92 Å². The van der Waals surface area contributed by atoms with Gasteiger partial charge < -0.3 is 20.3 Å². The van der Waals surface area contributed by atoms with Gasteiger partial charge in [-0.3, -0.25) is 4.79 Å². The summed E-state index contributed by atoms with van der Waals surface area (Å²) in [5, 5.41) is 6.80. The minimum absolute atomic E-state index is 0. The van der Waals surface area contributed by atoms with Crippen LogP contribution in [0.25, 0.3) is 0 Å². The zero-order valence-corrected chi connectivity index (χ0v) is 19.7. The molecule has 1 aromatic carbocycles. The first-order valence-corrected chi connectivity index (χ1v) is 9.94. The van der Waals surface area contributed by atoms with Crippen LogP contribution in [0.3, 0.4) is 0 Å². The predicted molar refractivity (Wildman–Crippen MR) is 126 cm³/mol. The number of likely N-dealkylation sites (N-methyl/N-ethyl adjacent to an activating group) is 1. The van der Waals surface area contributed by atoms with E-state index in [9.17, 15) is 4.79 Å². The van der Waals surface area contributed by atoms with Crippen LogP contribution in [-0.2, 0) is 11.2 Å². The Hall–Kier alpha value is -1.51. The van der Waals surface area contributed by atoms with Crippen molar-refractivity contribution in [2.24, 2.45) is 10.9 Å². The van der Waals surface area contributed by atoms with Crippen LogP contribution in [0.1, 0.15) is 37.7 Å². The third-order valence-corrected chi connectivity index (χ3v) is 5.03. The van der Waals surface area contributed by atoms with Crippen molar-refractivity contribution in [2.45, 2.75) is 38.5 Å². The Bertz CT molecular complexity index is 616. The maximum Gasteiger partial charge on any atom is 0.243 e. The number of nitrogens with zero attached hydrogens (tertiary/aromatic N) is 2. The quantitative estimate of drug-likeness (QED) is 0.326. The highest BCUT2D eigenvalue weighted by Crippen LogP contribution is 2.22. The number of para-hydroxylation sites is 1. The second-order valence-electron chi connectivity index (χ2n) is 7.33. The molecular weight excluding hydrogens is 467 g/mol. The number of hydrogen-bond donors (Lipinski definition) is 2. The molecule has 0 radical (unpaired) electrons. The lowest BCUT2D eigenvalue weighted by Gasteiger charge is -2.23. The minimum Gasteiger partial charge on any atom is -0.496 e. The second-order valence-corrected chi connectivity index (χ2v) is 7.33. The number of halogens is 1. The Balaban J connectivity index is 0.00000392. The van der Waals surface area contributed by atoms with Gasteiger partial charge in [-0.05, 0) is 36.8 Å². The monoisotopic (exact) mass is 502 g/mol. The summed E-state index contributed by atoms with van der Waals surface area (Å²) < 4.78 is 5.41. The van der Waals surface area contributed by atoms with Gasteiger partial charge in [0, 0.05) is 27.2 Å². The molecule has 28 heavy (non-hydrogen) atoms. The number of ether oxygens (including phenoxy) is 1. The highest BCUT2D eigenvalue weighted by atomic mass is 127. The molecule has 1 saturated carbocycles. The fourth-order valence-electron chi connectivity index (χ4n) is 3.32. The highest BCUT2D eigenvalue weighted by Gasteiger charge is 2.14. The summed E-state index contributed by atoms with van der Waals surface area (Å²) >= 11 is 0. The number of carbonyl (C=O) groups is 1. The maximum atomic E-state index is 11.9. The van der Waals surface area contributed by atoms with Gasteiger partial charge >= 0.3 is 0 Å². The molecular formula is C21H35IN4O2. The summed E-state index contributed by atoms with van der Waals surface area (Å²) in [6, 6.07) is 8.04. The molecule has 0 aromatic heterocycles. The molecule has 2 rings (SSSR count). The number of carbonyl (C=O) groups excluding carboxylic acids is 1. The van der Waals surface area contributed by atoms with Gasteiger partial charge in [0.2, 0.25) is 5.91 Å². The van der Waals surface area contributed by atoms with Gasteiger partial charge in [0.1, 0.15) is 12.3 Å². The van der Waals surface area contributed by atoms with E-state index in [0.717, 1.165) is 30.8 Å².